The molecule has 0 radical (unpaired) electrons. The van der Waals surface area contributed by atoms with Crippen LogP contribution in [0.5, 0.6) is 5.75 Å². The van der Waals surface area contributed by atoms with E-state index in [-0.39, 0.29) is 24.5 Å². The van der Waals surface area contributed by atoms with Crippen molar-refractivity contribution in [2.24, 2.45) is 0 Å². The zero-order valence-electron chi connectivity index (χ0n) is 20.6. The summed E-state index contributed by atoms with van der Waals surface area (Å²) in [6, 6.07) is 14.8. The Morgan fingerprint density at radius 1 is 1.03 bits per heavy atom. The van der Waals surface area contributed by atoms with Crippen LogP contribution < -0.4 is 10.1 Å². The molecule has 0 bridgehead atoms. The first kappa shape index (κ1) is 26.1. The fourth-order valence-corrected chi connectivity index (χ4v) is 4.55. The third-order valence-electron chi connectivity index (χ3n) is 6.51. The summed E-state index contributed by atoms with van der Waals surface area (Å²) < 4.78 is 5.82. The van der Waals surface area contributed by atoms with Crippen molar-refractivity contribution in [3.63, 3.8) is 0 Å². The van der Waals surface area contributed by atoms with E-state index >= 15 is 0 Å². The lowest BCUT2D eigenvalue weighted by molar-refractivity contribution is -0.143. The molecule has 0 spiro atoms. The van der Waals surface area contributed by atoms with Gasteiger partial charge in [-0.15, -0.1) is 0 Å². The zero-order chi connectivity index (χ0) is 24.5. The molecule has 2 aromatic carbocycles. The van der Waals surface area contributed by atoms with Crippen molar-refractivity contribution in [2.45, 2.75) is 83.8 Å². The lowest BCUT2D eigenvalue weighted by Gasteiger charge is -2.32. The van der Waals surface area contributed by atoms with Gasteiger partial charge >= 0.3 is 0 Å². The smallest absolute Gasteiger partial charge is 0.261 e. The summed E-state index contributed by atoms with van der Waals surface area (Å²) >= 11 is 6.04. The van der Waals surface area contributed by atoms with Crippen molar-refractivity contribution in [2.75, 3.05) is 6.61 Å². The number of nitrogens with one attached hydrogen (secondary N) is 1. The number of hydrogen-bond acceptors (Lipinski definition) is 3. The molecule has 1 aliphatic carbocycles. The molecule has 0 aliphatic heterocycles. The number of ether oxygens (including phenoxy) is 1. The largest absolute Gasteiger partial charge is 0.484 e. The van der Waals surface area contributed by atoms with Crippen LogP contribution in [0.2, 0.25) is 5.02 Å². The molecule has 1 fully saturated rings. The standard InChI is InChI=1S/C28H37ClN2O3/c1-4-26(28(33)30-24-8-6-5-7-9-24)31(18-21-10-14-23(29)15-11-21)27(32)19-34-25-16-12-22(13-17-25)20(2)3/h10-17,20,24,26H,4-9,18-19H2,1-3H3,(H,30,33). The van der Waals surface area contributed by atoms with Crippen molar-refractivity contribution >= 4 is 23.4 Å². The molecule has 34 heavy (non-hydrogen) atoms. The highest BCUT2D eigenvalue weighted by molar-refractivity contribution is 6.30. The van der Waals surface area contributed by atoms with Crippen LogP contribution in [-0.4, -0.2) is 35.4 Å². The van der Waals surface area contributed by atoms with Gasteiger partial charge in [0.25, 0.3) is 5.91 Å². The maximum Gasteiger partial charge on any atom is 0.261 e. The van der Waals surface area contributed by atoms with Gasteiger partial charge in [0, 0.05) is 17.6 Å². The molecule has 5 nitrogen and oxygen atoms in total. The second kappa shape index (κ2) is 12.8. The maximum absolute atomic E-state index is 13.4. The number of carbonyl (C=O) groups is 2. The Hall–Kier alpha value is -2.53. The number of benzene rings is 2. The van der Waals surface area contributed by atoms with E-state index in [0.29, 0.717) is 29.7 Å². The summed E-state index contributed by atoms with van der Waals surface area (Å²) in [5.74, 6) is 0.772. The highest BCUT2D eigenvalue weighted by Crippen LogP contribution is 2.21. The van der Waals surface area contributed by atoms with E-state index in [4.69, 9.17) is 16.3 Å². The van der Waals surface area contributed by atoms with Crippen molar-refractivity contribution in [3.8, 4) is 5.75 Å². The summed E-state index contributed by atoms with van der Waals surface area (Å²) in [5.41, 5.74) is 2.14. The van der Waals surface area contributed by atoms with Gasteiger partial charge in [-0.2, -0.15) is 0 Å². The van der Waals surface area contributed by atoms with Gasteiger partial charge in [-0.3, -0.25) is 9.59 Å². The van der Waals surface area contributed by atoms with Crippen LogP contribution in [-0.2, 0) is 16.1 Å². The van der Waals surface area contributed by atoms with E-state index in [1.165, 1.54) is 12.0 Å². The molecule has 1 atom stereocenters. The second-order valence-corrected chi connectivity index (χ2v) is 9.86. The van der Waals surface area contributed by atoms with Crippen LogP contribution in [0, 0.1) is 0 Å². The number of carbonyl (C=O) groups excluding carboxylic acids is 2. The van der Waals surface area contributed by atoms with Crippen molar-refractivity contribution in [1.82, 2.24) is 10.2 Å². The topological polar surface area (TPSA) is 58.6 Å². The van der Waals surface area contributed by atoms with Gasteiger partial charge in [0.1, 0.15) is 11.8 Å². The Labute approximate surface area is 208 Å². The second-order valence-electron chi connectivity index (χ2n) is 9.43. The summed E-state index contributed by atoms with van der Waals surface area (Å²) in [7, 11) is 0. The first-order valence-electron chi connectivity index (χ1n) is 12.4. The molecule has 184 valence electrons. The van der Waals surface area contributed by atoms with Crippen LogP contribution >= 0.6 is 11.6 Å². The summed E-state index contributed by atoms with van der Waals surface area (Å²) in [6.07, 6.45) is 6.03. The van der Waals surface area contributed by atoms with Gasteiger partial charge < -0.3 is 15.0 Å². The quantitative estimate of drug-likeness (QED) is 0.443. The molecule has 1 unspecified atom stereocenters. The van der Waals surface area contributed by atoms with E-state index < -0.39 is 6.04 Å². The number of rotatable bonds is 10. The van der Waals surface area contributed by atoms with Crippen molar-refractivity contribution < 1.29 is 14.3 Å². The average molecular weight is 485 g/mol. The van der Waals surface area contributed by atoms with Gasteiger partial charge in [0.2, 0.25) is 5.91 Å². The molecule has 0 saturated heterocycles. The van der Waals surface area contributed by atoms with E-state index in [2.05, 4.69) is 19.2 Å². The fraction of sp³-hybridized carbons (Fsp3) is 0.500. The minimum Gasteiger partial charge on any atom is -0.484 e. The average Bonchev–Trinajstić information content (AvgIpc) is 2.84. The van der Waals surface area contributed by atoms with Crippen LogP contribution in [0.25, 0.3) is 0 Å². The monoisotopic (exact) mass is 484 g/mol. The van der Waals surface area contributed by atoms with Crippen molar-refractivity contribution in [3.05, 3.63) is 64.7 Å². The molecule has 0 aromatic heterocycles. The molecular formula is C28H37ClN2O3. The SMILES string of the molecule is CCC(C(=O)NC1CCCCC1)N(Cc1ccc(Cl)cc1)C(=O)COc1ccc(C(C)C)cc1. The molecular weight excluding hydrogens is 448 g/mol. The summed E-state index contributed by atoms with van der Waals surface area (Å²) in [5, 5.41) is 3.83. The number of halogens is 1. The van der Waals surface area contributed by atoms with Gasteiger partial charge in [0.15, 0.2) is 6.61 Å². The highest BCUT2D eigenvalue weighted by atomic mass is 35.5. The van der Waals surface area contributed by atoms with Crippen molar-refractivity contribution in [1.29, 1.82) is 0 Å². The van der Waals surface area contributed by atoms with E-state index in [9.17, 15) is 9.59 Å². The highest BCUT2D eigenvalue weighted by Gasteiger charge is 2.30. The Morgan fingerprint density at radius 2 is 1.68 bits per heavy atom. The molecule has 1 N–H and O–H groups in total. The Bertz CT molecular complexity index is 922. The van der Waals surface area contributed by atoms with Crippen LogP contribution in [0.4, 0.5) is 0 Å². The predicted molar refractivity (Wildman–Crippen MR) is 137 cm³/mol. The summed E-state index contributed by atoms with van der Waals surface area (Å²) in [6.45, 7) is 6.41. The third kappa shape index (κ3) is 7.49. The maximum atomic E-state index is 13.4. The molecule has 0 heterocycles. The molecule has 3 rings (SSSR count). The number of nitrogens with zero attached hydrogens (tertiary/aromatic N) is 1. The van der Waals surface area contributed by atoms with Gasteiger partial charge in [-0.1, -0.05) is 75.9 Å². The van der Waals surface area contributed by atoms with Gasteiger partial charge in [-0.05, 0) is 60.6 Å². The minimum atomic E-state index is -0.558. The Kier molecular flexibility index (Phi) is 9.82. The van der Waals surface area contributed by atoms with Crippen LogP contribution in [0.1, 0.15) is 76.3 Å². The Morgan fingerprint density at radius 3 is 2.26 bits per heavy atom. The first-order valence-corrected chi connectivity index (χ1v) is 12.8. The van der Waals surface area contributed by atoms with Crippen LogP contribution in [0.15, 0.2) is 48.5 Å². The van der Waals surface area contributed by atoms with Gasteiger partial charge in [-0.25, -0.2) is 0 Å². The lowest BCUT2D eigenvalue weighted by atomic mass is 9.95. The predicted octanol–water partition coefficient (Wildman–Crippen LogP) is 6.10. The fourth-order valence-electron chi connectivity index (χ4n) is 4.43. The van der Waals surface area contributed by atoms with Crippen LogP contribution in [0.3, 0.4) is 0 Å². The molecule has 2 amide bonds. The summed E-state index contributed by atoms with van der Waals surface area (Å²) in [4.78, 5) is 28.2. The van der Waals surface area contributed by atoms with Gasteiger partial charge in [0.05, 0.1) is 0 Å². The Balaban J connectivity index is 1.73. The van der Waals surface area contributed by atoms with E-state index in [0.717, 1.165) is 31.2 Å². The van der Waals surface area contributed by atoms with E-state index in [1.807, 2.05) is 43.3 Å². The molecule has 6 heteroatoms. The normalized spacial score (nSPS) is 15.1. The molecule has 2 aromatic rings. The molecule has 1 saturated carbocycles. The number of hydrogen-bond donors (Lipinski definition) is 1. The minimum absolute atomic E-state index is 0.0852. The molecule has 1 aliphatic rings. The van der Waals surface area contributed by atoms with E-state index in [1.54, 1.807) is 17.0 Å². The third-order valence-corrected chi connectivity index (χ3v) is 6.76. The number of amides is 2. The lowest BCUT2D eigenvalue weighted by Crippen LogP contribution is -2.52. The first-order chi connectivity index (χ1) is 16.4. The zero-order valence-corrected chi connectivity index (χ0v) is 21.3.